The second-order valence-corrected chi connectivity index (χ2v) is 4.20. The van der Waals surface area contributed by atoms with Crippen LogP contribution in [0.25, 0.3) is 0 Å². The number of nitrogens with one attached hydrogen (secondary N) is 1. The van der Waals surface area contributed by atoms with Crippen molar-refractivity contribution in [2.45, 2.75) is 13.3 Å². The molecule has 0 aromatic carbocycles. The summed E-state index contributed by atoms with van der Waals surface area (Å²) in [6.45, 7) is -2.36. The van der Waals surface area contributed by atoms with Crippen LogP contribution in [0.3, 0.4) is 0 Å². The zero-order valence-corrected chi connectivity index (χ0v) is 11.0. The van der Waals surface area contributed by atoms with Crippen LogP contribution in [0.2, 0.25) is 5.02 Å². The van der Waals surface area contributed by atoms with E-state index in [1.54, 1.807) is 18.2 Å². The van der Waals surface area contributed by atoms with Gasteiger partial charge < -0.3 is 5.32 Å². The summed E-state index contributed by atoms with van der Waals surface area (Å²) in [5.74, 6) is 0.121. The molecular weight excluding hydrogens is 276 g/mol. The first-order chi connectivity index (χ1) is 10.8. The molecule has 0 amide bonds. The van der Waals surface area contributed by atoms with Crippen molar-refractivity contribution < 1.29 is 8.91 Å². The largest absolute Gasteiger partial charge is 0.325 e. The number of nitriles is 1. The highest BCUT2D eigenvalue weighted by Crippen LogP contribution is 2.21. The van der Waals surface area contributed by atoms with Gasteiger partial charge in [0.2, 0.25) is 0 Å². The predicted molar refractivity (Wildman–Crippen MR) is 76.1 cm³/mol. The molecule has 2 heterocycles. The maximum atomic E-state index is 11.9. The lowest BCUT2D eigenvalue weighted by molar-refractivity contribution is 0.0988. The van der Waals surface area contributed by atoms with Crippen molar-refractivity contribution in [3.8, 4) is 6.07 Å². The van der Waals surface area contributed by atoms with Gasteiger partial charge in [0, 0.05) is 22.8 Å². The van der Waals surface area contributed by atoms with Crippen molar-refractivity contribution in [2.75, 3.05) is 5.32 Å². The van der Waals surface area contributed by atoms with E-state index in [0.29, 0.717) is 11.6 Å². The Labute approximate surface area is 125 Å². The summed E-state index contributed by atoms with van der Waals surface area (Å²) in [6.07, 6.45) is 0.611. The Kier molecular flexibility index (Phi) is 3.17. The summed E-state index contributed by atoms with van der Waals surface area (Å²) in [5, 5.41) is 11.7. The van der Waals surface area contributed by atoms with Crippen molar-refractivity contribution in [1.29, 1.82) is 5.26 Å². The standard InChI is InChI=1S/C14H11ClN4O/c1-2-12(20)10-8-17-14(6-11(10)15)19-13-5-3-4-9(7-16)18-13/h3-6,8H,2H2,1H3,(H,17,18,19)/i1D3. The lowest BCUT2D eigenvalue weighted by Gasteiger charge is -2.07. The highest BCUT2D eigenvalue weighted by molar-refractivity contribution is 6.34. The number of ketones is 1. The van der Waals surface area contributed by atoms with E-state index < -0.39 is 19.1 Å². The average Bonchev–Trinajstić information content (AvgIpc) is 2.45. The van der Waals surface area contributed by atoms with Gasteiger partial charge in [0.1, 0.15) is 23.4 Å². The molecule has 20 heavy (non-hydrogen) atoms. The minimum absolute atomic E-state index is 0.0482. The van der Waals surface area contributed by atoms with Crippen molar-refractivity contribution in [1.82, 2.24) is 9.97 Å². The number of pyridine rings is 2. The van der Waals surface area contributed by atoms with Gasteiger partial charge in [-0.2, -0.15) is 5.26 Å². The van der Waals surface area contributed by atoms with E-state index >= 15 is 0 Å². The number of rotatable bonds is 4. The Balaban J connectivity index is 2.19. The van der Waals surface area contributed by atoms with Gasteiger partial charge in [-0.15, -0.1) is 0 Å². The highest BCUT2D eigenvalue weighted by atomic mass is 35.5. The molecule has 2 aromatic rings. The van der Waals surface area contributed by atoms with Crippen LogP contribution in [-0.4, -0.2) is 15.8 Å². The van der Waals surface area contributed by atoms with Crippen LogP contribution >= 0.6 is 11.6 Å². The van der Waals surface area contributed by atoms with Gasteiger partial charge in [0.25, 0.3) is 0 Å². The second-order valence-electron chi connectivity index (χ2n) is 3.79. The summed E-state index contributed by atoms with van der Waals surface area (Å²) in [7, 11) is 0. The second kappa shape index (κ2) is 6.13. The van der Waals surface area contributed by atoms with Crippen LogP contribution in [0.1, 0.15) is 33.4 Å². The van der Waals surface area contributed by atoms with Crippen LogP contribution in [0, 0.1) is 11.3 Å². The lowest BCUT2D eigenvalue weighted by atomic mass is 10.1. The molecule has 0 saturated heterocycles. The molecule has 2 aromatic heterocycles. The number of anilines is 2. The van der Waals surface area contributed by atoms with Gasteiger partial charge in [-0.1, -0.05) is 24.5 Å². The maximum absolute atomic E-state index is 11.9. The first-order valence-corrected chi connectivity index (χ1v) is 5.99. The van der Waals surface area contributed by atoms with Gasteiger partial charge in [0.15, 0.2) is 5.78 Å². The van der Waals surface area contributed by atoms with E-state index in [9.17, 15) is 4.79 Å². The molecule has 5 nitrogen and oxygen atoms in total. The third-order valence-electron chi connectivity index (χ3n) is 2.43. The third-order valence-corrected chi connectivity index (χ3v) is 2.75. The van der Waals surface area contributed by atoms with Crippen molar-refractivity contribution in [2.24, 2.45) is 0 Å². The van der Waals surface area contributed by atoms with E-state index in [1.165, 1.54) is 12.3 Å². The maximum Gasteiger partial charge on any atom is 0.165 e. The number of halogens is 1. The monoisotopic (exact) mass is 289 g/mol. The van der Waals surface area contributed by atoms with E-state index in [1.807, 2.05) is 6.07 Å². The molecule has 1 N–H and O–H groups in total. The quantitative estimate of drug-likeness (QED) is 0.873. The summed E-state index contributed by atoms with van der Waals surface area (Å²) < 4.78 is 21.3. The lowest BCUT2D eigenvalue weighted by Crippen LogP contribution is -2.02. The number of hydrogen-bond acceptors (Lipinski definition) is 5. The topological polar surface area (TPSA) is 78.7 Å². The molecule has 0 unspecified atom stereocenters. The molecule has 0 saturated carbocycles. The molecule has 2 rings (SSSR count). The number of carbonyl (C=O) groups excluding carboxylic acids is 1. The molecular formula is C14H11ClN4O. The number of nitrogens with zero attached hydrogens (tertiary/aromatic N) is 3. The summed E-state index contributed by atoms with van der Waals surface area (Å²) in [6, 6.07) is 8.17. The highest BCUT2D eigenvalue weighted by Gasteiger charge is 2.10. The van der Waals surface area contributed by atoms with Gasteiger partial charge >= 0.3 is 0 Å². The van der Waals surface area contributed by atoms with Gasteiger partial charge in [-0.25, -0.2) is 9.97 Å². The van der Waals surface area contributed by atoms with Crippen molar-refractivity contribution in [3.05, 3.63) is 46.7 Å². The number of hydrogen-bond donors (Lipinski definition) is 1. The molecule has 0 spiro atoms. The molecule has 100 valence electrons. The number of carbonyl (C=O) groups is 1. The van der Waals surface area contributed by atoms with Gasteiger partial charge in [-0.05, 0) is 12.1 Å². The van der Waals surface area contributed by atoms with E-state index in [-0.39, 0.29) is 16.3 Å². The van der Waals surface area contributed by atoms with Crippen molar-refractivity contribution in [3.63, 3.8) is 0 Å². The van der Waals surface area contributed by atoms with Crippen LogP contribution in [0.5, 0.6) is 0 Å². The Morgan fingerprint density at radius 2 is 2.40 bits per heavy atom. The normalized spacial score (nSPS) is 12.7. The molecule has 6 heteroatoms. The molecule has 0 aliphatic rings. The fourth-order valence-corrected chi connectivity index (χ4v) is 1.75. The molecule has 0 radical (unpaired) electrons. The van der Waals surface area contributed by atoms with E-state index in [0.717, 1.165) is 0 Å². The number of aromatic nitrogens is 2. The Morgan fingerprint density at radius 1 is 1.55 bits per heavy atom. The van der Waals surface area contributed by atoms with Gasteiger partial charge in [0.05, 0.1) is 10.6 Å². The van der Waals surface area contributed by atoms with E-state index in [2.05, 4.69) is 15.3 Å². The van der Waals surface area contributed by atoms with Crippen LogP contribution in [-0.2, 0) is 0 Å². The van der Waals surface area contributed by atoms with Crippen LogP contribution in [0.15, 0.2) is 30.5 Å². The van der Waals surface area contributed by atoms with Crippen molar-refractivity contribution >= 4 is 29.0 Å². The first kappa shape index (κ1) is 10.4. The molecule has 0 bridgehead atoms. The zero-order valence-electron chi connectivity index (χ0n) is 13.2. The SMILES string of the molecule is [2H]C([2H])([2H])CC(=O)c1cnc(Nc2cccc(C#N)n2)cc1Cl. The molecule has 0 aliphatic carbocycles. The van der Waals surface area contributed by atoms with E-state index in [4.69, 9.17) is 21.0 Å². The molecule has 0 fully saturated rings. The minimum Gasteiger partial charge on any atom is -0.325 e. The minimum atomic E-state index is -2.36. The number of Topliss-reactive ketones (excluding diaryl/α,β-unsaturated/α-hetero) is 1. The fourth-order valence-electron chi connectivity index (χ4n) is 1.50. The zero-order chi connectivity index (χ0) is 17.0. The fraction of sp³-hybridized carbons (Fsp3) is 0.143. The third kappa shape index (κ3) is 3.11. The summed E-state index contributed by atoms with van der Waals surface area (Å²) >= 11 is 6.02. The summed E-state index contributed by atoms with van der Waals surface area (Å²) in [4.78, 5) is 19.9. The summed E-state index contributed by atoms with van der Waals surface area (Å²) in [5.41, 5.74) is 0.289. The van der Waals surface area contributed by atoms with Crippen LogP contribution < -0.4 is 5.32 Å². The Morgan fingerprint density at radius 3 is 3.10 bits per heavy atom. The Hall–Kier alpha value is -2.45. The Bertz CT molecular complexity index is 786. The average molecular weight is 290 g/mol. The first-order valence-electron chi connectivity index (χ1n) is 7.11. The molecule has 0 aliphatic heterocycles. The molecule has 0 atom stereocenters. The van der Waals surface area contributed by atoms with Gasteiger partial charge in [-0.3, -0.25) is 4.79 Å². The van der Waals surface area contributed by atoms with Crippen LogP contribution in [0.4, 0.5) is 11.6 Å². The predicted octanol–water partition coefficient (Wildman–Crippen LogP) is 3.34. The smallest absolute Gasteiger partial charge is 0.165 e.